The molecule has 5 heteroatoms. The summed E-state index contributed by atoms with van der Waals surface area (Å²) in [6.07, 6.45) is 2.42. The third-order valence-corrected chi connectivity index (χ3v) is 2.87. The van der Waals surface area contributed by atoms with Crippen LogP contribution in [0.1, 0.15) is 19.3 Å². The van der Waals surface area contributed by atoms with Gasteiger partial charge >= 0.3 is 6.03 Å². The SMILES string of the molecule is N#CCCN(C(=O)Nc1ccc(N)cc1)C1CC1. The van der Waals surface area contributed by atoms with E-state index in [0.29, 0.717) is 24.7 Å². The summed E-state index contributed by atoms with van der Waals surface area (Å²) >= 11 is 0. The zero-order valence-electron chi connectivity index (χ0n) is 10.1. The van der Waals surface area contributed by atoms with E-state index in [1.165, 1.54) is 0 Å². The predicted octanol–water partition coefficient (Wildman–Crippen LogP) is 2.18. The van der Waals surface area contributed by atoms with Gasteiger partial charge in [-0.1, -0.05) is 0 Å². The molecule has 0 bridgehead atoms. The molecule has 5 nitrogen and oxygen atoms in total. The average molecular weight is 244 g/mol. The van der Waals surface area contributed by atoms with Gasteiger partial charge < -0.3 is 16.0 Å². The van der Waals surface area contributed by atoms with Gasteiger partial charge in [0.1, 0.15) is 0 Å². The molecule has 0 aliphatic heterocycles. The first-order valence-electron chi connectivity index (χ1n) is 6.01. The Bertz CT molecular complexity index is 459. The molecule has 0 saturated heterocycles. The molecular formula is C13H16N4O. The first kappa shape index (κ1) is 12.2. The van der Waals surface area contributed by atoms with Crippen LogP contribution in [0.3, 0.4) is 0 Å². The van der Waals surface area contributed by atoms with Gasteiger partial charge in [0.2, 0.25) is 0 Å². The molecule has 0 radical (unpaired) electrons. The number of anilines is 2. The maximum atomic E-state index is 12.1. The summed E-state index contributed by atoms with van der Waals surface area (Å²) in [5.41, 5.74) is 6.96. The lowest BCUT2D eigenvalue weighted by Gasteiger charge is -2.21. The summed E-state index contributed by atoms with van der Waals surface area (Å²) < 4.78 is 0. The monoisotopic (exact) mass is 244 g/mol. The van der Waals surface area contributed by atoms with Crippen LogP contribution in [-0.4, -0.2) is 23.5 Å². The molecule has 1 aliphatic rings. The predicted molar refractivity (Wildman–Crippen MR) is 69.8 cm³/mol. The van der Waals surface area contributed by atoms with Crippen LogP contribution in [0.4, 0.5) is 16.2 Å². The normalized spacial score (nSPS) is 13.7. The van der Waals surface area contributed by atoms with E-state index >= 15 is 0 Å². The highest BCUT2D eigenvalue weighted by Crippen LogP contribution is 2.27. The largest absolute Gasteiger partial charge is 0.399 e. The lowest BCUT2D eigenvalue weighted by Crippen LogP contribution is -2.37. The van der Waals surface area contributed by atoms with Crippen LogP contribution in [0, 0.1) is 11.3 Å². The minimum Gasteiger partial charge on any atom is -0.399 e. The van der Waals surface area contributed by atoms with Gasteiger partial charge in [0.15, 0.2) is 0 Å². The van der Waals surface area contributed by atoms with Crippen molar-refractivity contribution >= 4 is 17.4 Å². The van der Waals surface area contributed by atoms with Crippen molar-refractivity contribution in [2.75, 3.05) is 17.6 Å². The molecule has 0 atom stereocenters. The van der Waals surface area contributed by atoms with Crippen molar-refractivity contribution in [1.82, 2.24) is 4.90 Å². The van der Waals surface area contributed by atoms with Crippen molar-refractivity contribution in [1.29, 1.82) is 5.26 Å². The number of nitriles is 1. The minimum absolute atomic E-state index is 0.141. The van der Waals surface area contributed by atoms with E-state index in [0.717, 1.165) is 18.5 Å². The first-order chi connectivity index (χ1) is 8.70. The molecule has 0 spiro atoms. The molecule has 0 unspecified atom stereocenters. The summed E-state index contributed by atoms with van der Waals surface area (Å²) in [4.78, 5) is 13.8. The number of nitrogens with two attached hydrogens (primary N) is 1. The van der Waals surface area contributed by atoms with E-state index in [4.69, 9.17) is 11.0 Å². The highest BCUT2D eigenvalue weighted by atomic mass is 16.2. The van der Waals surface area contributed by atoms with Crippen LogP contribution in [0.25, 0.3) is 0 Å². The van der Waals surface area contributed by atoms with Gasteiger partial charge in [-0.3, -0.25) is 0 Å². The third kappa shape index (κ3) is 3.14. The van der Waals surface area contributed by atoms with Crippen LogP contribution in [0.2, 0.25) is 0 Å². The van der Waals surface area contributed by atoms with Crippen molar-refractivity contribution < 1.29 is 4.79 Å². The fourth-order valence-corrected chi connectivity index (χ4v) is 1.77. The Labute approximate surface area is 106 Å². The molecule has 1 aliphatic carbocycles. The Kier molecular flexibility index (Phi) is 3.68. The lowest BCUT2D eigenvalue weighted by atomic mass is 10.3. The van der Waals surface area contributed by atoms with Gasteiger partial charge in [-0.25, -0.2) is 4.79 Å². The summed E-state index contributed by atoms with van der Waals surface area (Å²) in [7, 11) is 0. The summed E-state index contributed by atoms with van der Waals surface area (Å²) in [6.45, 7) is 0.488. The zero-order valence-corrected chi connectivity index (χ0v) is 10.1. The molecule has 94 valence electrons. The average Bonchev–Trinajstić information content (AvgIpc) is 3.17. The number of rotatable bonds is 4. The van der Waals surface area contributed by atoms with Crippen LogP contribution < -0.4 is 11.1 Å². The quantitative estimate of drug-likeness (QED) is 0.796. The second-order valence-electron chi connectivity index (χ2n) is 4.38. The number of hydrogen-bond donors (Lipinski definition) is 2. The van der Waals surface area contributed by atoms with Crippen LogP contribution in [-0.2, 0) is 0 Å². The summed E-state index contributed by atoms with van der Waals surface area (Å²) in [5, 5.41) is 11.4. The smallest absolute Gasteiger partial charge is 0.322 e. The van der Waals surface area contributed by atoms with Crippen molar-refractivity contribution in [3.05, 3.63) is 24.3 Å². The van der Waals surface area contributed by atoms with Gasteiger partial charge in [0, 0.05) is 24.0 Å². The third-order valence-electron chi connectivity index (χ3n) is 2.87. The minimum atomic E-state index is -0.141. The summed E-state index contributed by atoms with van der Waals surface area (Å²) in [6, 6.07) is 9.24. The molecule has 2 amide bonds. The molecule has 18 heavy (non-hydrogen) atoms. The van der Waals surface area contributed by atoms with E-state index < -0.39 is 0 Å². The number of carbonyl (C=O) groups is 1. The van der Waals surface area contributed by atoms with E-state index in [9.17, 15) is 4.79 Å². The molecule has 1 aromatic carbocycles. The standard InChI is InChI=1S/C13H16N4O/c14-8-1-9-17(12-6-7-12)13(18)16-11-4-2-10(15)3-5-11/h2-5,12H,1,6-7,9,15H2,(H,16,18). The van der Waals surface area contributed by atoms with Crippen molar-refractivity contribution in [3.8, 4) is 6.07 Å². The molecule has 0 aromatic heterocycles. The fraction of sp³-hybridized carbons (Fsp3) is 0.385. The first-order valence-corrected chi connectivity index (χ1v) is 6.01. The topological polar surface area (TPSA) is 82.2 Å². The van der Waals surface area contributed by atoms with Crippen LogP contribution in [0.5, 0.6) is 0 Å². The number of nitrogen functional groups attached to an aromatic ring is 1. The molecule has 1 fully saturated rings. The number of urea groups is 1. The zero-order chi connectivity index (χ0) is 13.0. The van der Waals surface area contributed by atoms with E-state index in [2.05, 4.69) is 11.4 Å². The van der Waals surface area contributed by atoms with Gasteiger partial charge in [0.05, 0.1) is 12.5 Å². The molecular weight excluding hydrogens is 228 g/mol. The Morgan fingerprint density at radius 2 is 2.11 bits per heavy atom. The molecule has 1 saturated carbocycles. The molecule has 1 aromatic rings. The Balaban J connectivity index is 1.96. The van der Waals surface area contributed by atoms with Gasteiger partial charge in [-0.05, 0) is 37.1 Å². The molecule has 0 heterocycles. The maximum Gasteiger partial charge on any atom is 0.322 e. The van der Waals surface area contributed by atoms with Crippen molar-refractivity contribution in [3.63, 3.8) is 0 Å². The Morgan fingerprint density at radius 3 is 2.67 bits per heavy atom. The van der Waals surface area contributed by atoms with Gasteiger partial charge in [-0.2, -0.15) is 5.26 Å². The van der Waals surface area contributed by atoms with Gasteiger partial charge in [0.25, 0.3) is 0 Å². The Morgan fingerprint density at radius 1 is 1.44 bits per heavy atom. The number of amides is 2. The van der Waals surface area contributed by atoms with Crippen molar-refractivity contribution in [2.45, 2.75) is 25.3 Å². The lowest BCUT2D eigenvalue weighted by molar-refractivity contribution is 0.210. The number of nitrogens with zero attached hydrogens (tertiary/aromatic N) is 2. The number of carbonyl (C=O) groups excluding carboxylic acids is 1. The summed E-state index contributed by atoms with van der Waals surface area (Å²) in [5.74, 6) is 0. The second kappa shape index (κ2) is 5.41. The molecule has 3 N–H and O–H groups in total. The number of benzene rings is 1. The van der Waals surface area contributed by atoms with Crippen molar-refractivity contribution in [2.24, 2.45) is 0 Å². The highest BCUT2D eigenvalue weighted by molar-refractivity contribution is 5.89. The van der Waals surface area contributed by atoms with E-state index in [1.54, 1.807) is 29.2 Å². The van der Waals surface area contributed by atoms with E-state index in [1.807, 2.05) is 0 Å². The number of nitrogens with one attached hydrogen (secondary N) is 1. The fourth-order valence-electron chi connectivity index (χ4n) is 1.77. The maximum absolute atomic E-state index is 12.1. The Hall–Kier alpha value is -2.22. The van der Waals surface area contributed by atoms with Crippen LogP contribution in [0.15, 0.2) is 24.3 Å². The second-order valence-corrected chi connectivity index (χ2v) is 4.38. The van der Waals surface area contributed by atoms with Crippen LogP contribution >= 0.6 is 0 Å². The highest BCUT2D eigenvalue weighted by Gasteiger charge is 2.32. The molecule has 2 rings (SSSR count). The number of hydrogen-bond acceptors (Lipinski definition) is 3. The van der Waals surface area contributed by atoms with Gasteiger partial charge in [-0.15, -0.1) is 0 Å². The van der Waals surface area contributed by atoms with E-state index in [-0.39, 0.29) is 6.03 Å².